The lowest BCUT2D eigenvalue weighted by atomic mass is 10.3. The number of hydrogen-bond donors (Lipinski definition) is 0. The lowest BCUT2D eigenvalue weighted by Crippen LogP contribution is -2.38. The summed E-state index contributed by atoms with van der Waals surface area (Å²) in [6.07, 6.45) is -1.61. The fourth-order valence-electron chi connectivity index (χ4n) is 0.226. The maximum atomic E-state index is 12.5. The van der Waals surface area contributed by atoms with E-state index in [2.05, 4.69) is 0 Å². The molecule has 0 rings (SSSR count). The number of rotatable bonds is 1. The van der Waals surface area contributed by atoms with Crippen molar-refractivity contribution in [3.63, 3.8) is 0 Å². The van der Waals surface area contributed by atoms with Crippen molar-refractivity contribution in [1.82, 2.24) is 0 Å². The zero-order valence-corrected chi connectivity index (χ0v) is 8.62. The highest BCUT2D eigenvalue weighted by atomic mass is 35.6. The van der Waals surface area contributed by atoms with Crippen LogP contribution in [0.1, 0.15) is 6.92 Å². The van der Waals surface area contributed by atoms with E-state index >= 15 is 0 Å². The second-order valence-electron chi connectivity index (χ2n) is 1.74. The quantitative estimate of drug-likeness (QED) is 0.618. The van der Waals surface area contributed by atoms with Gasteiger partial charge >= 0.3 is 0 Å². The molecule has 0 spiro atoms. The molecule has 0 aliphatic carbocycles. The minimum Gasteiger partial charge on any atom is -0.244 e. The Hall–Kier alpha value is 1.38. The van der Waals surface area contributed by atoms with Gasteiger partial charge in [-0.1, -0.05) is 58.0 Å². The van der Waals surface area contributed by atoms with E-state index in [9.17, 15) is 4.39 Å². The normalized spacial score (nSPS) is 17.1. The first-order chi connectivity index (χ1) is 4.19. The highest BCUT2D eigenvalue weighted by Crippen LogP contribution is 2.48. The highest BCUT2D eigenvalue weighted by molar-refractivity contribution is 6.75. The number of hydrogen-bond acceptors (Lipinski definition) is 0. The van der Waals surface area contributed by atoms with Crippen molar-refractivity contribution in [3.8, 4) is 0 Å². The lowest BCUT2D eigenvalue weighted by Gasteiger charge is -2.28. The van der Waals surface area contributed by atoms with Gasteiger partial charge < -0.3 is 0 Å². The van der Waals surface area contributed by atoms with E-state index in [-0.39, 0.29) is 0 Å². The SMILES string of the molecule is CC(F)C(Cl)(Cl)C(Cl)(Cl)Cl. The van der Waals surface area contributed by atoms with Crippen LogP contribution in [0, 0.1) is 0 Å². The summed E-state index contributed by atoms with van der Waals surface area (Å²) in [6, 6.07) is 0. The molecule has 0 aromatic carbocycles. The van der Waals surface area contributed by atoms with Crippen LogP contribution >= 0.6 is 58.0 Å². The van der Waals surface area contributed by atoms with Gasteiger partial charge in [-0.2, -0.15) is 0 Å². The van der Waals surface area contributed by atoms with Crippen molar-refractivity contribution in [2.45, 2.75) is 21.2 Å². The fraction of sp³-hybridized carbons (Fsp3) is 1.00. The highest BCUT2D eigenvalue weighted by Gasteiger charge is 2.50. The van der Waals surface area contributed by atoms with Crippen LogP contribution in [0.3, 0.4) is 0 Å². The summed E-state index contributed by atoms with van der Waals surface area (Å²) in [5.41, 5.74) is 0. The van der Waals surface area contributed by atoms with E-state index in [0.29, 0.717) is 0 Å². The average molecular weight is 248 g/mol. The predicted octanol–water partition coefficient (Wildman–Crippen LogP) is 3.89. The molecule has 0 aromatic heterocycles. The van der Waals surface area contributed by atoms with Crippen LogP contribution in [-0.2, 0) is 0 Å². The third kappa shape index (κ3) is 2.46. The molecule has 0 heterocycles. The molecule has 0 saturated carbocycles. The Bertz CT molecular complexity index is 115. The Morgan fingerprint density at radius 2 is 1.40 bits per heavy atom. The summed E-state index contributed by atoms with van der Waals surface area (Å²) >= 11 is 26.4. The van der Waals surface area contributed by atoms with E-state index in [1.165, 1.54) is 0 Å². The molecule has 62 valence electrons. The van der Waals surface area contributed by atoms with Crippen LogP contribution in [0.25, 0.3) is 0 Å². The largest absolute Gasteiger partial charge is 0.244 e. The summed E-state index contributed by atoms with van der Waals surface area (Å²) in [6.45, 7) is 1.11. The van der Waals surface area contributed by atoms with E-state index in [1.54, 1.807) is 0 Å². The molecule has 0 saturated heterocycles. The maximum absolute atomic E-state index is 12.5. The molecule has 0 aliphatic heterocycles. The molecule has 0 fully saturated rings. The molecule has 0 radical (unpaired) electrons. The lowest BCUT2D eigenvalue weighted by molar-refractivity contribution is 0.328. The molecule has 0 nitrogen and oxygen atoms in total. The average Bonchev–Trinajstić information content (AvgIpc) is 1.62. The molecule has 0 N–H and O–H groups in total. The van der Waals surface area contributed by atoms with Crippen LogP contribution in [0.5, 0.6) is 0 Å². The van der Waals surface area contributed by atoms with Crippen LogP contribution in [0.15, 0.2) is 0 Å². The molecule has 0 aliphatic rings. The predicted molar refractivity (Wildman–Crippen MR) is 45.3 cm³/mol. The van der Waals surface area contributed by atoms with Gasteiger partial charge in [0.15, 0.2) is 4.33 Å². The van der Waals surface area contributed by atoms with Gasteiger partial charge in [-0.3, -0.25) is 0 Å². The van der Waals surface area contributed by atoms with Gasteiger partial charge in [-0.05, 0) is 6.92 Å². The van der Waals surface area contributed by atoms with Crippen LogP contribution in [-0.4, -0.2) is 14.3 Å². The van der Waals surface area contributed by atoms with E-state index < -0.39 is 14.3 Å². The van der Waals surface area contributed by atoms with Gasteiger partial charge in [0.05, 0.1) is 0 Å². The zero-order chi connectivity index (χ0) is 8.58. The Kier molecular flexibility index (Phi) is 3.87. The minimum atomic E-state index is -2.01. The van der Waals surface area contributed by atoms with Gasteiger partial charge in [-0.15, -0.1) is 0 Å². The van der Waals surface area contributed by atoms with Crippen molar-refractivity contribution in [1.29, 1.82) is 0 Å². The fourth-order valence-corrected chi connectivity index (χ4v) is 0.677. The van der Waals surface area contributed by atoms with E-state index in [0.717, 1.165) is 6.92 Å². The summed E-state index contributed by atoms with van der Waals surface area (Å²) in [5, 5.41) is 0. The van der Waals surface area contributed by atoms with Gasteiger partial charge in [0, 0.05) is 0 Å². The molecule has 0 amide bonds. The summed E-state index contributed by atoms with van der Waals surface area (Å²) in [5.74, 6) is 0. The summed E-state index contributed by atoms with van der Waals surface area (Å²) < 4.78 is 8.46. The smallest absolute Gasteiger partial charge is 0.225 e. The van der Waals surface area contributed by atoms with Crippen LogP contribution < -0.4 is 0 Å². The molecular weight excluding hydrogens is 244 g/mol. The second kappa shape index (κ2) is 3.40. The monoisotopic (exact) mass is 246 g/mol. The Labute approximate surface area is 83.5 Å². The van der Waals surface area contributed by atoms with E-state index in [1.807, 2.05) is 0 Å². The molecule has 10 heavy (non-hydrogen) atoms. The third-order valence-corrected chi connectivity index (χ3v) is 3.52. The third-order valence-electron chi connectivity index (χ3n) is 0.878. The number of alkyl halides is 6. The summed E-state index contributed by atoms with van der Waals surface area (Å²) in [7, 11) is 0. The topological polar surface area (TPSA) is 0 Å². The second-order valence-corrected chi connectivity index (χ2v) is 5.40. The van der Waals surface area contributed by atoms with Crippen molar-refractivity contribution < 1.29 is 4.39 Å². The molecule has 0 aromatic rings. The van der Waals surface area contributed by atoms with E-state index in [4.69, 9.17) is 58.0 Å². The Morgan fingerprint density at radius 1 is 1.10 bits per heavy atom. The Morgan fingerprint density at radius 3 is 1.40 bits per heavy atom. The van der Waals surface area contributed by atoms with Crippen LogP contribution in [0.4, 0.5) is 4.39 Å². The van der Waals surface area contributed by atoms with Crippen molar-refractivity contribution in [2.75, 3.05) is 0 Å². The molecular formula is C4H4Cl5F. The first-order valence-corrected chi connectivity index (χ1v) is 4.17. The van der Waals surface area contributed by atoms with Crippen LogP contribution in [0.2, 0.25) is 0 Å². The van der Waals surface area contributed by atoms with Crippen molar-refractivity contribution >= 4 is 58.0 Å². The number of halogens is 6. The Balaban J connectivity index is 4.40. The van der Waals surface area contributed by atoms with Crippen molar-refractivity contribution in [3.05, 3.63) is 0 Å². The molecule has 0 bridgehead atoms. The molecule has 1 atom stereocenters. The van der Waals surface area contributed by atoms with Gasteiger partial charge in [0.25, 0.3) is 0 Å². The maximum Gasteiger partial charge on any atom is 0.225 e. The standard InChI is InChI=1S/C4H4Cl5F/c1-2(10)3(5,6)4(7,8)9/h2H,1H3. The summed E-state index contributed by atoms with van der Waals surface area (Å²) in [4.78, 5) is 0. The first-order valence-electron chi connectivity index (χ1n) is 2.28. The van der Waals surface area contributed by atoms with Crippen molar-refractivity contribution in [2.24, 2.45) is 0 Å². The minimum absolute atomic E-state index is 1.11. The van der Waals surface area contributed by atoms with Gasteiger partial charge in [0.1, 0.15) is 6.17 Å². The van der Waals surface area contributed by atoms with Gasteiger partial charge in [-0.25, -0.2) is 4.39 Å². The first kappa shape index (κ1) is 11.4. The van der Waals surface area contributed by atoms with Gasteiger partial charge in [0.2, 0.25) is 3.79 Å². The molecule has 6 heteroatoms. The molecule has 1 unspecified atom stereocenters. The zero-order valence-electron chi connectivity index (χ0n) is 4.85.